The van der Waals surface area contributed by atoms with Crippen LogP contribution in [0.15, 0.2) is 24.3 Å². The van der Waals surface area contributed by atoms with Gasteiger partial charge in [-0.15, -0.1) is 10.2 Å². The van der Waals surface area contributed by atoms with Crippen molar-refractivity contribution in [1.29, 1.82) is 0 Å². The molecule has 2 N–H and O–H groups in total. The van der Waals surface area contributed by atoms with Crippen molar-refractivity contribution in [3.63, 3.8) is 0 Å². The second kappa shape index (κ2) is 9.69. The van der Waals surface area contributed by atoms with Crippen LogP contribution in [0.5, 0.6) is 5.75 Å². The molecule has 1 fully saturated rings. The number of aromatic amines is 1. The summed E-state index contributed by atoms with van der Waals surface area (Å²) in [6.07, 6.45) is -3.51. The smallest absolute Gasteiger partial charge is 0.405 e. The molecule has 4 rings (SSSR count). The summed E-state index contributed by atoms with van der Waals surface area (Å²) >= 11 is 0. The zero-order valence-electron chi connectivity index (χ0n) is 18.8. The molecule has 0 spiro atoms. The molecule has 3 aromatic rings. The van der Waals surface area contributed by atoms with Crippen molar-refractivity contribution in [3.8, 4) is 17.1 Å². The number of methoxy groups -OCH3 is 1. The summed E-state index contributed by atoms with van der Waals surface area (Å²) in [5.74, 6) is 1.97. The molecule has 1 amide bonds. The van der Waals surface area contributed by atoms with E-state index in [1.54, 1.807) is 7.11 Å². The maximum absolute atomic E-state index is 12.5. The number of hydrogen-bond acceptors (Lipinski definition) is 7. The summed E-state index contributed by atoms with van der Waals surface area (Å²) in [7, 11) is 1.58. The Hall–Kier alpha value is -3.64. The lowest BCUT2D eigenvalue weighted by molar-refractivity contribution is -0.140. The Bertz CT molecular complexity index is 1140. The number of hydrogen-bond donors (Lipinski definition) is 2. The molecule has 182 valence electrons. The lowest BCUT2D eigenvalue weighted by Crippen LogP contribution is -2.38. The number of amides is 1. The molecular formula is C21H25F3N8O2. The SMILES string of the molecule is COc1cccc(-c2nnc(N3CCC(C(=O)NCC(F)(F)F)C3)n2CCc2n[nH]c(C)n2)c1. The van der Waals surface area contributed by atoms with Crippen molar-refractivity contribution >= 4 is 11.9 Å². The van der Waals surface area contributed by atoms with Gasteiger partial charge in [0.25, 0.3) is 0 Å². The lowest BCUT2D eigenvalue weighted by atomic mass is 10.1. The van der Waals surface area contributed by atoms with Gasteiger partial charge in [-0.25, -0.2) is 4.98 Å². The average Bonchev–Trinajstić information content (AvgIpc) is 3.54. The molecule has 2 aromatic heterocycles. The van der Waals surface area contributed by atoms with Gasteiger partial charge in [0.15, 0.2) is 11.6 Å². The van der Waals surface area contributed by atoms with Gasteiger partial charge >= 0.3 is 6.18 Å². The Kier molecular flexibility index (Phi) is 6.70. The minimum Gasteiger partial charge on any atom is -0.497 e. The minimum absolute atomic E-state index is 0.250. The van der Waals surface area contributed by atoms with E-state index in [0.717, 1.165) is 5.56 Å². The van der Waals surface area contributed by atoms with E-state index < -0.39 is 24.5 Å². The van der Waals surface area contributed by atoms with Crippen molar-refractivity contribution in [2.24, 2.45) is 5.92 Å². The van der Waals surface area contributed by atoms with Gasteiger partial charge in [-0.2, -0.15) is 18.3 Å². The van der Waals surface area contributed by atoms with Crippen LogP contribution in [-0.4, -0.2) is 68.8 Å². The molecule has 1 aromatic carbocycles. The number of benzene rings is 1. The second-order valence-electron chi connectivity index (χ2n) is 8.06. The average molecular weight is 478 g/mol. The molecule has 34 heavy (non-hydrogen) atoms. The topological polar surface area (TPSA) is 114 Å². The minimum atomic E-state index is -4.45. The molecule has 1 saturated heterocycles. The Balaban J connectivity index is 1.56. The van der Waals surface area contributed by atoms with Crippen molar-refractivity contribution in [3.05, 3.63) is 35.9 Å². The highest BCUT2D eigenvalue weighted by atomic mass is 19.4. The van der Waals surface area contributed by atoms with E-state index in [1.807, 2.05) is 46.0 Å². The number of H-pyrrole nitrogens is 1. The van der Waals surface area contributed by atoms with Crippen LogP contribution in [0.25, 0.3) is 11.4 Å². The normalized spacial score (nSPS) is 16.1. The first-order valence-electron chi connectivity index (χ1n) is 10.8. The first-order chi connectivity index (χ1) is 16.2. The van der Waals surface area contributed by atoms with Crippen LogP contribution in [0, 0.1) is 12.8 Å². The van der Waals surface area contributed by atoms with Crippen LogP contribution in [0.2, 0.25) is 0 Å². The van der Waals surface area contributed by atoms with Crippen LogP contribution < -0.4 is 15.0 Å². The number of nitrogens with zero attached hydrogens (tertiary/aromatic N) is 6. The van der Waals surface area contributed by atoms with E-state index in [1.165, 1.54) is 0 Å². The van der Waals surface area contributed by atoms with Gasteiger partial charge in [0.05, 0.1) is 13.0 Å². The first-order valence-corrected chi connectivity index (χ1v) is 10.8. The molecule has 1 aliphatic rings. The van der Waals surface area contributed by atoms with E-state index in [-0.39, 0.29) is 6.54 Å². The Morgan fingerprint density at radius 1 is 1.32 bits per heavy atom. The summed E-state index contributed by atoms with van der Waals surface area (Å²) in [6, 6.07) is 7.41. The highest BCUT2D eigenvalue weighted by molar-refractivity contribution is 5.80. The van der Waals surface area contributed by atoms with Gasteiger partial charge in [0.1, 0.15) is 18.1 Å². The van der Waals surface area contributed by atoms with Gasteiger partial charge in [-0.3, -0.25) is 14.5 Å². The Morgan fingerprint density at radius 3 is 2.85 bits per heavy atom. The molecule has 3 heterocycles. The molecule has 1 aliphatic heterocycles. The van der Waals surface area contributed by atoms with Crippen molar-refractivity contribution in [1.82, 2.24) is 35.3 Å². The Labute approximate surface area is 193 Å². The number of ether oxygens (including phenoxy) is 1. The number of nitrogens with one attached hydrogen (secondary N) is 2. The predicted octanol–water partition coefficient (Wildman–Crippen LogP) is 2.13. The molecular weight excluding hydrogens is 453 g/mol. The van der Waals surface area contributed by atoms with E-state index in [9.17, 15) is 18.0 Å². The third kappa shape index (κ3) is 5.46. The highest BCUT2D eigenvalue weighted by Gasteiger charge is 2.34. The molecule has 0 bridgehead atoms. The quantitative estimate of drug-likeness (QED) is 0.510. The van der Waals surface area contributed by atoms with Crippen LogP contribution >= 0.6 is 0 Å². The Morgan fingerprint density at radius 2 is 2.15 bits per heavy atom. The van der Waals surface area contributed by atoms with Gasteiger partial charge in [0, 0.05) is 31.6 Å². The largest absolute Gasteiger partial charge is 0.497 e. The predicted molar refractivity (Wildman–Crippen MR) is 116 cm³/mol. The molecule has 0 radical (unpaired) electrons. The van der Waals surface area contributed by atoms with Crippen molar-refractivity contribution in [2.75, 3.05) is 31.6 Å². The number of carbonyl (C=O) groups is 1. The van der Waals surface area contributed by atoms with E-state index in [4.69, 9.17) is 4.74 Å². The summed E-state index contributed by atoms with van der Waals surface area (Å²) < 4.78 is 44.7. The lowest BCUT2D eigenvalue weighted by Gasteiger charge is -2.19. The number of alkyl halides is 3. The van der Waals surface area contributed by atoms with Gasteiger partial charge in [-0.05, 0) is 25.5 Å². The maximum atomic E-state index is 12.5. The molecule has 0 saturated carbocycles. The molecule has 10 nitrogen and oxygen atoms in total. The number of aryl methyl sites for hydroxylation is 2. The molecule has 0 aliphatic carbocycles. The molecule has 1 atom stereocenters. The van der Waals surface area contributed by atoms with Crippen LogP contribution in [0.3, 0.4) is 0 Å². The van der Waals surface area contributed by atoms with Crippen LogP contribution in [0.4, 0.5) is 19.1 Å². The van der Waals surface area contributed by atoms with E-state index in [0.29, 0.717) is 55.1 Å². The third-order valence-electron chi connectivity index (χ3n) is 5.57. The fourth-order valence-electron chi connectivity index (χ4n) is 3.91. The van der Waals surface area contributed by atoms with Gasteiger partial charge < -0.3 is 15.0 Å². The summed E-state index contributed by atoms with van der Waals surface area (Å²) in [5.41, 5.74) is 0.794. The van der Waals surface area contributed by atoms with E-state index in [2.05, 4.69) is 25.4 Å². The van der Waals surface area contributed by atoms with Crippen molar-refractivity contribution < 1.29 is 22.7 Å². The number of carbonyl (C=O) groups excluding carboxylic acids is 1. The molecule has 1 unspecified atom stereocenters. The van der Waals surface area contributed by atoms with Crippen LogP contribution in [0.1, 0.15) is 18.1 Å². The zero-order chi connectivity index (χ0) is 24.3. The summed E-state index contributed by atoms with van der Waals surface area (Å²) in [4.78, 5) is 18.5. The molecule has 13 heteroatoms. The standard InChI is InChI=1S/C21H25F3N8O2/c1-13-26-17(28-27-13)7-9-32-18(14-4-3-5-16(10-14)34-2)29-30-20(32)31-8-6-15(11-31)19(33)25-12-21(22,23)24/h3-5,10,15H,6-9,11-12H2,1-2H3,(H,25,33)(H,26,27,28). The summed E-state index contributed by atoms with van der Waals surface area (Å²) in [6.45, 7) is 1.67. The third-order valence-corrected chi connectivity index (χ3v) is 5.57. The highest BCUT2D eigenvalue weighted by Crippen LogP contribution is 2.29. The van der Waals surface area contributed by atoms with Gasteiger partial charge in [0.2, 0.25) is 11.9 Å². The number of halogens is 3. The number of anilines is 1. The zero-order valence-corrected chi connectivity index (χ0v) is 18.8. The van der Waals surface area contributed by atoms with Crippen LogP contribution in [-0.2, 0) is 17.8 Å². The monoisotopic (exact) mass is 478 g/mol. The second-order valence-corrected chi connectivity index (χ2v) is 8.06. The maximum Gasteiger partial charge on any atom is 0.405 e. The fourth-order valence-corrected chi connectivity index (χ4v) is 3.91. The number of rotatable bonds is 8. The number of aromatic nitrogens is 6. The summed E-state index contributed by atoms with van der Waals surface area (Å²) in [5, 5.41) is 17.7. The first kappa shape index (κ1) is 23.5. The van der Waals surface area contributed by atoms with Gasteiger partial charge in [-0.1, -0.05) is 12.1 Å². The van der Waals surface area contributed by atoms with Crippen molar-refractivity contribution in [2.45, 2.75) is 32.5 Å². The van der Waals surface area contributed by atoms with E-state index >= 15 is 0 Å². The fraction of sp³-hybridized carbons (Fsp3) is 0.476.